The Hall–Kier alpha value is -1.22. The summed E-state index contributed by atoms with van der Waals surface area (Å²) in [6.07, 6.45) is 16.4. The summed E-state index contributed by atoms with van der Waals surface area (Å²) in [6.45, 7) is 5.57. The summed E-state index contributed by atoms with van der Waals surface area (Å²) in [4.78, 5) is 0.377. The molecule has 3 heteroatoms. The molecule has 0 saturated carbocycles. The SMILES string of the molecule is CCCCCCC[n+]1ccc(-c2cc[n+](C(Br)CC)cc2)cc1. The summed E-state index contributed by atoms with van der Waals surface area (Å²) < 4.78 is 4.49. The number of hydrogen-bond acceptors (Lipinski definition) is 0. The Morgan fingerprint density at radius 3 is 1.96 bits per heavy atom. The Labute approximate surface area is 149 Å². The van der Waals surface area contributed by atoms with Gasteiger partial charge in [0.05, 0.1) is 0 Å². The van der Waals surface area contributed by atoms with E-state index in [0.717, 1.165) is 13.0 Å². The fraction of sp³-hybridized carbons (Fsp3) is 0.500. The Balaban J connectivity index is 1.91. The number of pyridine rings is 2. The standard InChI is InChI=1S/C20H29BrN2/c1-3-5-6-7-8-13-22-14-9-18(10-15-22)19-11-16-23(17-12-19)20(21)4-2/h9-12,14-17,20H,3-8,13H2,1-2H3/q+2. The average Bonchev–Trinajstić information content (AvgIpc) is 2.61. The van der Waals surface area contributed by atoms with Gasteiger partial charge in [0.15, 0.2) is 24.8 Å². The molecular weight excluding hydrogens is 348 g/mol. The van der Waals surface area contributed by atoms with Gasteiger partial charge < -0.3 is 0 Å². The fourth-order valence-corrected chi connectivity index (χ4v) is 3.00. The maximum Gasteiger partial charge on any atom is 0.211 e. The lowest BCUT2D eigenvalue weighted by atomic mass is 10.1. The lowest BCUT2D eigenvalue weighted by Crippen LogP contribution is -2.34. The first kappa shape index (κ1) is 18.1. The van der Waals surface area contributed by atoms with Gasteiger partial charge in [-0.15, -0.1) is 0 Å². The molecule has 0 amide bonds. The summed E-state index contributed by atoms with van der Waals surface area (Å²) in [5.74, 6) is 0. The highest BCUT2D eigenvalue weighted by atomic mass is 79.9. The number of nitrogens with zero attached hydrogens (tertiary/aromatic N) is 2. The molecule has 0 N–H and O–H groups in total. The number of aromatic nitrogens is 2. The monoisotopic (exact) mass is 376 g/mol. The third-order valence-corrected chi connectivity index (χ3v) is 5.38. The van der Waals surface area contributed by atoms with Crippen LogP contribution in [0.2, 0.25) is 0 Å². The molecule has 124 valence electrons. The minimum Gasteiger partial charge on any atom is -0.205 e. The zero-order chi connectivity index (χ0) is 16.5. The number of aryl methyl sites for hydroxylation is 1. The van der Waals surface area contributed by atoms with Gasteiger partial charge in [-0.2, -0.15) is 4.57 Å². The van der Waals surface area contributed by atoms with Crippen molar-refractivity contribution in [1.82, 2.24) is 0 Å². The van der Waals surface area contributed by atoms with E-state index in [2.05, 4.69) is 88.0 Å². The van der Waals surface area contributed by atoms with Crippen LogP contribution in [0.3, 0.4) is 0 Å². The fourth-order valence-electron chi connectivity index (χ4n) is 2.72. The highest BCUT2D eigenvalue weighted by molar-refractivity contribution is 9.09. The van der Waals surface area contributed by atoms with Crippen LogP contribution in [0.4, 0.5) is 0 Å². The van der Waals surface area contributed by atoms with E-state index in [0.29, 0.717) is 4.95 Å². The van der Waals surface area contributed by atoms with E-state index < -0.39 is 0 Å². The first-order valence-corrected chi connectivity index (χ1v) is 9.80. The van der Waals surface area contributed by atoms with Crippen LogP contribution < -0.4 is 9.13 Å². The number of rotatable bonds is 9. The van der Waals surface area contributed by atoms with Gasteiger partial charge >= 0.3 is 0 Å². The van der Waals surface area contributed by atoms with Crippen LogP contribution in [0.15, 0.2) is 49.1 Å². The molecule has 2 nitrogen and oxygen atoms in total. The van der Waals surface area contributed by atoms with E-state index in [1.54, 1.807) is 0 Å². The van der Waals surface area contributed by atoms with Crippen LogP contribution in [0, 0.1) is 0 Å². The molecule has 2 rings (SSSR count). The Morgan fingerprint density at radius 2 is 1.39 bits per heavy atom. The van der Waals surface area contributed by atoms with Crippen LogP contribution >= 0.6 is 15.9 Å². The minimum absolute atomic E-state index is 0.377. The summed E-state index contributed by atoms with van der Waals surface area (Å²) in [5.41, 5.74) is 2.55. The quantitative estimate of drug-likeness (QED) is 0.322. The molecule has 0 saturated heterocycles. The highest BCUT2D eigenvalue weighted by Gasteiger charge is 2.11. The van der Waals surface area contributed by atoms with Crippen molar-refractivity contribution in [3.05, 3.63) is 49.1 Å². The van der Waals surface area contributed by atoms with E-state index in [1.807, 2.05) is 0 Å². The molecule has 23 heavy (non-hydrogen) atoms. The molecule has 0 aromatic carbocycles. The second kappa shape index (κ2) is 9.82. The Morgan fingerprint density at radius 1 is 0.826 bits per heavy atom. The first-order chi connectivity index (χ1) is 11.2. The Bertz CT molecular complexity index is 563. The number of halogens is 1. The summed E-state index contributed by atoms with van der Waals surface area (Å²) in [6, 6.07) is 8.82. The number of hydrogen-bond donors (Lipinski definition) is 0. The molecule has 0 aliphatic carbocycles. The third kappa shape index (κ3) is 5.72. The minimum atomic E-state index is 0.377. The van der Waals surface area contributed by atoms with E-state index in [9.17, 15) is 0 Å². The molecule has 1 unspecified atom stereocenters. The smallest absolute Gasteiger partial charge is 0.205 e. The molecule has 2 aromatic heterocycles. The van der Waals surface area contributed by atoms with Gasteiger partial charge in [-0.25, -0.2) is 4.57 Å². The molecule has 0 aliphatic heterocycles. The van der Waals surface area contributed by atoms with Crippen LogP contribution in [-0.2, 0) is 6.54 Å². The van der Waals surface area contributed by atoms with Gasteiger partial charge in [-0.3, -0.25) is 0 Å². The second-order valence-electron chi connectivity index (χ2n) is 6.12. The van der Waals surface area contributed by atoms with Gasteiger partial charge in [-0.05, 0) is 33.5 Å². The van der Waals surface area contributed by atoms with Crippen LogP contribution in [0.5, 0.6) is 0 Å². The van der Waals surface area contributed by atoms with Crippen molar-refractivity contribution in [2.24, 2.45) is 0 Å². The van der Waals surface area contributed by atoms with Crippen LogP contribution in [0.1, 0.15) is 57.3 Å². The maximum absolute atomic E-state index is 3.67. The van der Waals surface area contributed by atoms with E-state index in [4.69, 9.17) is 0 Å². The zero-order valence-corrected chi connectivity index (χ0v) is 16.0. The first-order valence-electron chi connectivity index (χ1n) is 8.89. The second-order valence-corrected chi connectivity index (χ2v) is 7.17. The van der Waals surface area contributed by atoms with Crippen molar-refractivity contribution in [2.45, 2.75) is 63.9 Å². The largest absolute Gasteiger partial charge is 0.211 e. The highest BCUT2D eigenvalue weighted by Crippen LogP contribution is 2.17. The molecular formula is C20H29BrN2+2. The lowest BCUT2D eigenvalue weighted by molar-refractivity contribution is -0.698. The average molecular weight is 377 g/mol. The molecule has 0 bridgehead atoms. The maximum atomic E-state index is 3.67. The van der Waals surface area contributed by atoms with Gasteiger partial charge in [0, 0.05) is 37.1 Å². The summed E-state index contributed by atoms with van der Waals surface area (Å²) in [7, 11) is 0. The van der Waals surface area contributed by atoms with Crippen molar-refractivity contribution in [2.75, 3.05) is 0 Å². The van der Waals surface area contributed by atoms with E-state index in [1.165, 1.54) is 43.2 Å². The molecule has 0 fully saturated rings. The molecule has 2 heterocycles. The van der Waals surface area contributed by atoms with Crippen molar-refractivity contribution in [3.8, 4) is 11.1 Å². The third-order valence-electron chi connectivity index (χ3n) is 4.26. The molecule has 0 aliphatic rings. The van der Waals surface area contributed by atoms with E-state index in [-0.39, 0.29) is 0 Å². The molecule has 0 spiro atoms. The van der Waals surface area contributed by atoms with Crippen molar-refractivity contribution in [1.29, 1.82) is 0 Å². The summed E-state index contributed by atoms with van der Waals surface area (Å²) >= 11 is 3.67. The van der Waals surface area contributed by atoms with Crippen LogP contribution in [0.25, 0.3) is 11.1 Å². The predicted molar refractivity (Wildman–Crippen MR) is 99.3 cm³/mol. The van der Waals surface area contributed by atoms with Gasteiger partial charge in [0.1, 0.15) is 6.54 Å². The Kier molecular flexibility index (Phi) is 7.73. The van der Waals surface area contributed by atoms with Gasteiger partial charge in [-0.1, -0.05) is 33.1 Å². The summed E-state index contributed by atoms with van der Waals surface area (Å²) in [5, 5.41) is 0. The molecule has 1 atom stereocenters. The molecule has 0 radical (unpaired) electrons. The lowest BCUT2D eigenvalue weighted by Gasteiger charge is -2.04. The van der Waals surface area contributed by atoms with E-state index >= 15 is 0 Å². The predicted octanol–water partition coefficient (Wildman–Crippen LogP) is 5.20. The van der Waals surface area contributed by atoms with Crippen LogP contribution in [-0.4, -0.2) is 0 Å². The van der Waals surface area contributed by atoms with Crippen molar-refractivity contribution in [3.63, 3.8) is 0 Å². The number of alkyl halides is 1. The van der Waals surface area contributed by atoms with Gasteiger partial charge in [0.2, 0.25) is 4.95 Å². The zero-order valence-electron chi connectivity index (χ0n) is 14.4. The van der Waals surface area contributed by atoms with Crippen molar-refractivity contribution < 1.29 is 9.13 Å². The topological polar surface area (TPSA) is 7.76 Å². The molecule has 2 aromatic rings. The number of unbranched alkanes of at least 4 members (excludes halogenated alkanes) is 4. The normalized spacial score (nSPS) is 12.3. The van der Waals surface area contributed by atoms with Crippen molar-refractivity contribution >= 4 is 15.9 Å². The van der Waals surface area contributed by atoms with Gasteiger partial charge in [0.25, 0.3) is 0 Å².